The molecule has 0 fully saturated rings. The summed E-state index contributed by atoms with van der Waals surface area (Å²) in [6.45, 7) is 14.5. The summed E-state index contributed by atoms with van der Waals surface area (Å²) >= 11 is 0. The molecule has 1 aromatic rings. The number of halogens is 2. The summed E-state index contributed by atoms with van der Waals surface area (Å²) in [5.41, 5.74) is 3.87. The SMILES string of the molecule is C=C/C=C(\C=C/CC(O)c1c(C(C)C)nc2c(c1C)C(O)CC(C)(C)C2)C(C)(F)F. The number of nitrogens with zero attached hydrogens (tertiary/aromatic N) is 1. The smallest absolute Gasteiger partial charge is 0.270 e. The summed E-state index contributed by atoms with van der Waals surface area (Å²) in [4.78, 5) is 4.86. The fourth-order valence-electron chi connectivity index (χ4n) is 4.33. The maximum Gasteiger partial charge on any atom is 0.270 e. The van der Waals surface area contributed by atoms with Gasteiger partial charge in [-0.2, -0.15) is 0 Å². The summed E-state index contributed by atoms with van der Waals surface area (Å²) in [6, 6.07) is 0. The molecule has 0 aromatic carbocycles. The first kappa shape index (κ1) is 24.4. The average molecular weight is 420 g/mol. The predicted octanol–water partition coefficient (Wildman–Crippen LogP) is 6.27. The molecule has 166 valence electrons. The highest BCUT2D eigenvalue weighted by Gasteiger charge is 2.35. The molecule has 0 saturated carbocycles. The molecule has 2 N–H and O–H groups in total. The lowest BCUT2D eigenvalue weighted by molar-refractivity contribution is 0.0674. The van der Waals surface area contributed by atoms with Gasteiger partial charge in [-0.25, -0.2) is 8.78 Å². The van der Waals surface area contributed by atoms with Crippen molar-refractivity contribution in [3.8, 4) is 0 Å². The number of fused-ring (bicyclic) bond motifs is 1. The van der Waals surface area contributed by atoms with Crippen LogP contribution in [0, 0.1) is 12.3 Å². The molecule has 1 heterocycles. The van der Waals surface area contributed by atoms with Gasteiger partial charge < -0.3 is 10.2 Å². The number of pyridine rings is 1. The van der Waals surface area contributed by atoms with Crippen molar-refractivity contribution in [1.29, 1.82) is 0 Å². The van der Waals surface area contributed by atoms with Gasteiger partial charge in [0.2, 0.25) is 0 Å². The molecule has 30 heavy (non-hydrogen) atoms. The lowest BCUT2D eigenvalue weighted by Crippen LogP contribution is -2.29. The van der Waals surface area contributed by atoms with Crippen LogP contribution in [0.1, 0.15) is 93.7 Å². The third kappa shape index (κ3) is 5.44. The second kappa shape index (κ2) is 9.11. The van der Waals surface area contributed by atoms with E-state index in [2.05, 4.69) is 20.4 Å². The van der Waals surface area contributed by atoms with Crippen molar-refractivity contribution in [2.24, 2.45) is 5.41 Å². The fraction of sp³-hybridized carbons (Fsp3) is 0.560. The number of hydrogen-bond donors (Lipinski definition) is 2. The third-order valence-electron chi connectivity index (χ3n) is 5.72. The monoisotopic (exact) mass is 419 g/mol. The number of aliphatic hydroxyl groups is 2. The molecule has 0 spiro atoms. The van der Waals surface area contributed by atoms with Crippen LogP contribution < -0.4 is 0 Å². The molecule has 1 aliphatic rings. The number of aliphatic hydroxyl groups excluding tert-OH is 2. The molecule has 0 bridgehead atoms. The van der Waals surface area contributed by atoms with Gasteiger partial charge in [0.15, 0.2) is 0 Å². The van der Waals surface area contributed by atoms with E-state index in [0.29, 0.717) is 12.0 Å². The van der Waals surface area contributed by atoms with E-state index in [4.69, 9.17) is 4.98 Å². The molecule has 3 nitrogen and oxygen atoms in total. The van der Waals surface area contributed by atoms with Gasteiger partial charge in [0.1, 0.15) is 0 Å². The van der Waals surface area contributed by atoms with Gasteiger partial charge in [0, 0.05) is 35.0 Å². The van der Waals surface area contributed by atoms with E-state index < -0.39 is 18.1 Å². The van der Waals surface area contributed by atoms with Crippen LogP contribution in [-0.4, -0.2) is 21.1 Å². The Morgan fingerprint density at radius 2 is 2.00 bits per heavy atom. The standard InChI is InChI=1S/C25H35F2NO2/c1-8-10-17(25(7,26)27)11-9-12-19(29)22-16(4)21-18(28-23(22)15(2)3)13-24(5,6)14-20(21)30/h8-11,15,19-20,29-30H,1,12-14H2,2-7H3/b11-9-,17-10+. The summed E-state index contributed by atoms with van der Waals surface area (Å²) in [5, 5.41) is 21.7. The Balaban J connectivity index is 2.43. The maximum absolute atomic E-state index is 13.7. The molecule has 0 saturated heterocycles. The fourth-order valence-corrected chi connectivity index (χ4v) is 4.33. The Morgan fingerprint density at radius 3 is 2.53 bits per heavy atom. The van der Waals surface area contributed by atoms with E-state index in [9.17, 15) is 19.0 Å². The molecule has 0 amide bonds. The van der Waals surface area contributed by atoms with Crippen molar-refractivity contribution in [2.45, 2.75) is 84.9 Å². The maximum atomic E-state index is 13.7. The van der Waals surface area contributed by atoms with Crippen LogP contribution in [-0.2, 0) is 6.42 Å². The third-order valence-corrected chi connectivity index (χ3v) is 5.72. The zero-order valence-corrected chi connectivity index (χ0v) is 19.0. The average Bonchev–Trinajstić information content (AvgIpc) is 2.57. The largest absolute Gasteiger partial charge is 0.388 e. The van der Waals surface area contributed by atoms with E-state index in [-0.39, 0.29) is 23.3 Å². The van der Waals surface area contributed by atoms with Gasteiger partial charge in [-0.1, -0.05) is 58.6 Å². The first-order chi connectivity index (χ1) is 13.8. The van der Waals surface area contributed by atoms with E-state index in [0.717, 1.165) is 35.9 Å². The lowest BCUT2D eigenvalue weighted by atomic mass is 9.72. The second-order valence-electron chi connectivity index (χ2n) is 9.51. The lowest BCUT2D eigenvalue weighted by Gasteiger charge is -2.36. The molecule has 1 aliphatic carbocycles. The predicted molar refractivity (Wildman–Crippen MR) is 118 cm³/mol. The van der Waals surface area contributed by atoms with Gasteiger partial charge in [-0.15, -0.1) is 0 Å². The molecule has 5 heteroatoms. The summed E-state index contributed by atoms with van der Waals surface area (Å²) in [6.07, 6.45) is 5.55. The number of allylic oxidation sites excluding steroid dienone is 4. The van der Waals surface area contributed by atoms with Crippen LogP contribution >= 0.6 is 0 Å². The van der Waals surface area contributed by atoms with Gasteiger partial charge in [0.05, 0.1) is 12.2 Å². The highest BCUT2D eigenvalue weighted by molar-refractivity contribution is 5.45. The quantitative estimate of drug-likeness (QED) is 0.512. The first-order valence-electron chi connectivity index (χ1n) is 10.5. The van der Waals surface area contributed by atoms with Crippen LogP contribution in [0.15, 0.2) is 36.5 Å². The number of rotatable bonds is 7. The van der Waals surface area contributed by atoms with Crippen molar-refractivity contribution < 1.29 is 19.0 Å². The van der Waals surface area contributed by atoms with Crippen LogP contribution in [0.3, 0.4) is 0 Å². The van der Waals surface area contributed by atoms with E-state index in [1.165, 1.54) is 18.2 Å². The van der Waals surface area contributed by atoms with Gasteiger partial charge in [-0.05, 0) is 43.1 Å². The highest BCUT2D eigenvalue weighted by Crippen LogP contribution is 2.44. The van der Waals surface area contributed by atoms with Crippen molar-refractivity contribution in [1.82, 2.24) is 4.98 Å². The molecular formula is C25H35F2NO2. The molecule has 1 aromatic heterocycles. The van der Waals surface area contributed by atoms with Crippen LogP contribution in [0.25, 0.3) is 0 Å². The van der Waals surface area contributed by atoms with E-state index in [1.807, 2.05) is 20.8 Å². The highest BCUT2D eigenvalue weighted by atomic mass is 19.3. The second-order valence-corrected chi connectivity index (χ2v) is 9.51. The summed E-state index contributed by atoms with van der Waals surface area (Å²) in [7, 11) is 0. The molecule has 0 aliphatic heterocycles. The molecular weight excluding hydrogens is 384 g/mol. The zero-order chi connectivity index (χ0) is 22.9. The summed E-state index contributed by atoms with van der Waals surface area (Å²) in [5.74, 6) is -2.90. The normalized spacial score (nSPS) is 20.5. The topological polar surface area (TPSA) is 53.4 Å². The van der Waals surface area contributed by atoms with Gasteiger partial charge >= 0.3 is 0 Å². The Morgan fingerprint density at radius 1 is 1.37 bits per heavy atom. The van der Waals surface area contributed by atoms with Gasteiger partial charge in [0.25, 0.3) is 5.92 Å². The molecule has 0 radical (unpaired) electrons. The van der Waals surface area contributed by atoms with E-state index >= 15 is 0 Å². The van der Waals surface area contributed by atoms with Crippen molar-refractivity contribution >= 4 is 0 Å². The van der Waals surface area contributed by atoms with E-state index in [1.54, 1.807) is 6.08 Å². The molecule has 2 atom stereocenters. The molecule has 2 unspecified atom stereocenters. The Bertz CT molecular complexity index is 848. The van der Waals surface area contributed by atoms with Crippen molar-refractivity contribution in [2.75, 3.05) is 0 Å². The number of alkyl halides is 2. The van der Waals surface area contributed by atoms with Crippen molar-refractivity contribution in [3.63, 3.8) is 0 Å². The Kier molecular flexibility index (Phi) is 7.41. The van der Waals surface area contributed by atoms with Crippen LogP contribution in [0.2, 0.25) is 0 Å². The van der Waals surface area contributed by atoms with Crippen LogP contribution in [0.4, 0.5) is 8.78 Å². The summed E-state index contributed by atoms with van der Waals surface area (Å²) < 4.78 is 27.4. The van der Waals surface area contributed by atoms with Gasteiger partial charge in [-0.3, -0.25) is 4.98 Å². The van der Waals surface area contributed by atoms with Crippen LogP contribution in [0.5, 0.6) is 0 Å². The van der Waals surface area contributed by atoms with Crippen molar-refractivity contribution in [3.05, 3.63) is 64.5 Å². The molecule has 2 rings (SSSR count). The number of hydrogen-bond acceptors (Lipinski definition) is 3. The zero-order valence-electron chi connectivity index (χ0n) is 19.0. The minimum absolute atomic E-state index is 0.0394. The minimum atomic E-state index is -2.99. The number of aromatic nitrogens is 1. The minimum Gasteiger partial charge on any atom is -0.388 e. The first-order valence-corrected chi connectivity index (χ1v) is 10.5. The Hall–Kier alpha value is -1.85. The Labute approximate surface area is 179 Å².